The van der Waals surface area contributed by atoms with Gasteiger partial charge < -0.3 is 10.2 Å². The number of ketones is 1. The van der Waals surface area contributed by atoms with Crippen molar-refractivity contribution in [3.63, 3.8) is 0 Å². The molecule has 0 aliphatic heterocycles. The molecular formula is C22H19N3O3. The zero-order valence-electron chi connectivity index (χ0n) is 15.1. The normalized spacial score (nSPS) is 11.0. The van der Waals surface area contributed by atoms with E-state index in [-0.39, 0.29) is 18.1 Å². The van der Waals surface area contributed by atoms with Crippen LogP contribution in [0.5, 0.6) is 5.75 Å². The molecule has 0 aliphatic carbocycles. The Labute approximate surface area is 161 Å². The van der Waals surface area contributed by atoms with E-state index in [2.05, 4.69) is 9.97 Å². The van der Waals surface area contributed by atoms with Gasteiger partial charge in [-0.1, -0.05) is 24.3 Å². The van der Waals surface area contributed by atoms with Gasteiger partial charge >= 0.3 is 0 Å². The number of aromatic hydroxyl groups is 1. The van der Waals surface area contributed by atoms with Crippen LogP contribution >= 0.6 is 0 Å². The second-order valence-electron chi connectivity index (χ2n) is 6.52. The fourth-order valence-corrected chi connectivity index (χ4v) is 3.09. The number of nitrogens with zero attached hydrogens (tertiary/aromatic N) is 3. The van der Waals surface area contributed by atoms with Crippen LogP contribution in [0.25, 0.3) is 28.2 Å². The van der Waals surface area contributed by atoms with Gasteiger partial charge in [-0.2, -0.15) is 0 Å². The summed E-state index contributed by atoms with van der Waals surface area (Å²) in [7, 11) is 0. The summed E-state index contributed by atoms with van der Waals surface area (Å²) >= 11 is 0. The molecule has 0 radical (unpaired) electrons. The summed E-state index contributed by atoms with van der Waals surface area (Å²) in [5.41, 5.74) is 4.85. The third kappa shape index (κ3) is 3.50. The fraction of sp³-hybridized carbons (Fsp3) is 0.136. The third-order valence-corrected chi connectivity index (χ3v) is 4.62. The summed E-state index contributed by atoms with van der Waals surface area (Å²) in [6.45, 7) is 0.0159. The van der Waals surface area contributed by atoms with Crippen molar-refractivity contribution in [3.8, 4) is 28.3 Å². The molecule has 0 amide bonds. The van der Waals surface area contributed by atoms with Gasteiger partial charge in [0.1, 0.15) is 5.75 Å². The number of carbonyl (C=O) groups excluding carboxylic acids is 1. The lowest BCUT2D eigenvalue weighted by atomic mass is 10.0. The number of aliphatic hydroxyl groups excluding tert-OH is 1. The minimum Gasteiger partial charge on any atom is -0.508 e. The molecule has 0 unspecified atom stereocenters. The first-order valence-electron chi connectivity index (χ1n) is 9.03. The molecule has 4 rings (SSSR count). The summed E-state index contributed by atoms with van der Waals surface area (Å²) < 4.78 is 1.95. The van der Waals surface area contributed by atoms with E-state index in [1.54, 1.807) is 36.7 Å². The number of hydrogen-bond donors (Lipinski definition) is 2. The molecule has 0 saturated heterocycles. The van der Waals surface area contributed by atoms with Crippen molar-refractivity contribution in [3.05, 3.63) is 72.7 Å². The van der Waals surface area contributed by atoms with Crippen LogP contribution in [-0.4, -0.2) is 37.0 Å². The first kappa shape index (κ1) is 17.9. The molecule has 0 atom stereocenters. The Balaban J connectivity index is 1.67. The lowest BCUT2D eigenvalue weighted by Gasteiger charge is -2.06. The minimum absolute atomic E-state index is 0.0159. The summed E-state index contributed by atoms with van der Waals surface area (Å²) in [6.07, 6.45) is 6.20. The Morgan fingerprint density at radius 1 is 0.929 bits per heavy atom. The number of Topliss-reactive ketones (excluding diaryl/α,β-unsaturated/α-hetero) is 1. The van der Waals surface area contributed by atoms with Crippen LogP contribution in [-0.2, 0) is 0 Å². The Hall–Kier alpha value is -3.51. The van der Waals surface area contributed by atoms with E-state index in [9.17, 15) is 9.90 Å². The van der Waals surface area contributed by atoms with E-state index < -0.39 is 0 Å². The molecule has 140 valence electrons. The van der Waals surface area contributed by atoms with Gasteiger partial charge in [0, 0.05) is 35.9 Å². The van der Waals surface area contributed by atoms with Crippen LogP contribution in [0, 0.1) is 0 Å². The fourth-order valence-electron chi connectivity index (χ4n) is 3.09. The van der Waals surface area contributed by atoms with Crippen molar-refractivity contribution in [1.29, 1.82) is 0 Å². The van der Waals surface area contributed by atoms with Gasteiger partial charge in [0.2, 0.25) is 0 Å². The first-order valence-corrected chi connectivity index (χ1v) is 9.03. The van der Waals surface area contributed by atoms with E-state index in [4.69, 9.17) is 5.11 Å². The van der Waals surface area contributed by atoms with Crippen molar-refractivity contribution in [2.24, 2.45) is 0 Å². The zero-order valence-corrected chi connectivity index (χ0v) is 15.1. The molecule has 28 heavy (non-hydrogen) atoms. The summed E-state index contributed by atoms with van der Waals surface area (Å²) in [4.78, 5) is 20.9. The number of rotatable bonds is 6. The van der Waals surface area contributed by atoms with E-state index in [1.807, 2.05) is 34.9 Å². The standard InChI is InChI=1S/C22H19N3O3/c26-11-1-2-21(28)17-5-3-15(4-6-17)19-14-25-20(12-24-22(25)13-23-19)16-7-9-18(27)10-8-16/h3-10,12-14,26-27H,1-2,11H2. The van der Waals surface area contributed by atoms with Crippen molar-refractivity contribution in [2.45, 2.75) is 12.8 Å². The summed E-state index contributed by atoms with van der Waals surface area (Å²) in [5, 5.41) is 18.4. The number of fused-ring (bicyclic) bond motifs is 1. The molecule has 2 aromatic heterocycles. The van der Waals surface area contributed by atoms with E-state index in [0.29, 0.717) is 18.4 Å². The number of aliphatic hydroxyl groups is 1. The quantitative estimate of drug-likeness (QED) is 0.503. The lowest BCUT2D eigenvalue weighted by Crippen LogP contribution is -2.00. The second-order valence-corrected chi connectivity index (χ2v) is 6.52. The third-order valence-electron chi connectivity index (χ3n) is 4.62. The van der Waals surface area contributed by atoms with Crippen molar-refractivity contribution >= 4 is 11.4 Å². The molecule has 0 fully saturated rings. The van der Waals surface area contributed by atoms with Gasteiger partial charge in [-0.05, 0) is 30.7 Å². The monoisotopic (exact) mass is 373 g/mol. The number of carbonyl (C=O) groups is 1. The SMILES string of the molecule is O=C(CCCO)c1ccc(-c2cn3c(-c4ccc(O)cc4)cnc3cn2)cc1. The Morgan fingerprint density at radius 3 is 2.36 bits per heavy atom. The van der Waals surface area contributed by atoms with Gasteiger partial charge in [-0.3, -0.25) is 14.2 Å². The molecule has 2 aromatic carbocycles. The molecule has 0 spiro atoms. The molecule has 6 nitrogen and oxygen atoms in total. The van der Waals surface area contributed by atoms with E-state index in [0.717, 1.165) is 28.2 Å². The molecule has 2 heterocycles. The molecule has 0 saturated carbocycles. The smallest absolute Gasteiger partial charge is 0.162 e. The van der Waals surface area contributed by atoms with Crippen molar-refractivity contribution in [1.82, 2.24) is 14.4 Å². The molecule has 0 aliphatic rings. The van der Waals surface area contributed by atoms with Crippen LogP contribution in [0.15, 0.2) is 67.1 Å². The maximum atomic E-state index is 12.1. The van der Waals surface area contributed by atoms with E-state index >= 15 is 0 Å². The van der Waals surface area contributed by atoms with Crippen molar-refractivity contribution in [2.75, 3.05) is 6.61 Å². The molecule has 2 N–H and O–H groups in total. The van der Waals surface area contributed by atoms with Crippen LogP contribution in [0.4, 0.5) is 0 Å². The highest BCUT2D eigenvalue weighted by atomic mass is 16.3. The molecule has 4 aromatic rings. The van der Waals surface area contributed by atoms with Gasteiger partial charge in [0.15, 0.2) is 11.4 Å². The van der Waals surface area contributed by atoms with Crippen LogP contribution < -0.4 is 0 Å². The number of hydrogen-bond acceptors (Lipinski definition) is 5. The summed E-state index contributed by atoms with van der Waals surface area (Å²) in [5.74, 6) is 0.238. The van der Waals surface area contributed by atoms with Crippen LogP contribution in [0.1, 0.15) is 23.2 Å². The van der Waals surface area contributed by atoms with Crippen LogP contribution in [0.3, 0.4) is 0 Å². The number of phenols is 1. The second kappa shape index (κ2) is 7.62. The Kier molecular flexibility index (Phi) is 4.87. The predicted molar refractivity (Wildman–Crippen MR) is 106 cm³/mol. The van der Waals surface area contributed by atoms with Gasteiger partial charge in [-0.25, -0.2) is 4.98 Å². The number of phenolic OH excluding ortho intramolecular Hbond substituents is 1. The maximum absolute atomic E-state index is 12.1. The highest BCUT2D eigenvalue weighted by Gasteiger charge is 2.10. The largest absolute Gasteiger partial charge is 0.508 e. The van der Waals surface area contributed by atoms with E-state index in [1.165, 1.54) is 0 Å². The maximum Gasteiger partial charge on any atom is 0.162 e. The lowest BCUT2D eigenvalue weighted by molar-refractivity contribution is 0.0971. The van der Waals surface area contributed by atoms with Gasteiger partial charge in [0.05, 0.1) is 23.8 Å². The first-order chi connectivity index (χ1) is 13.7. The highest BCUT2D eigenvalue weighted by molar-refractivity contribution is 5.96. The predicted octanol–water partition coefficient (Wildman–Crippen LogP) is 3.72. The highest BCUT2D eigenvalue weighted by Crippen LogP contribution is 2.25. The van der Waals surface area contributed by atoms with Gasteiger partial charge in [0.25, 0.3) is 0 Å². The number of benzene rings is 2. The minimum atomic E-state index is 0.0159. The Morgan fingerprint density at radius 2 is 1.64 bits per heavy atom. The molecular weight excluding hydrogens is 354 g/mol. The average molecular weight is 373 g/mol. The number of imidazole rings is 1. The van der Waals surface area contributed by atoms with Gasteiger partial charge in [-0.15, -0.1) is 0 Å². The topological polar surface area (TPSA) is 87.7 Å². The van der Waals surface area contributed by atoms with Crippen molar-refractivity contribution < 1.29 is 15.0 Å². The zero-order chi connectivity index (χ0) is 19.5. The molecule has 0 bridgehead atoms. The Bertz CT molecular complexity index is 1120. The molecule has 6 heteroatoms. The van der Waals surface area contributed by atoms with Crippen LogP contribution in [0.2, 0.25) is 0 Å². The average Bonchev–Trinajstić information content (AvgIpc) is 3.16. The number of aromatic nitrogens is 3. The summed E-state index contributed by atoms with van der Waals surface area (Å²) in [6, 6.07) is 14.3.